The lowest BCUT2D eigenvalue weighted by atomic mass is 10.3. The standard InChI is InChI=1S/C8H7Cl2O2/c9-6-3-7(10)5-8(4-6)12-2-1-11/h3-4,11H,1-2H2. The third kappa shape index (κ3) is 2.89. The van der Waals surface area contributed by atoms with E-state index in [-0.39, 0.29) is 13.2 Å². The highest BCUT2D eigenvalue weighted by atomic mass is 35.5. The fraction of sp³-hybridized carbons (Fsp3) is 0.250. The molecule has 2 nitrogen and oxygen atoms in total. The van der Waals surface area contributed by atoms with Crippen molar-refractivity contribution in [3.63, 3.8) is 0 Å². The van der Waals surface area contributed by atoms with Crippen molar-refractivity contribution in [3.05, 3.63) is 28.2 Å². The minimum Gasteiger partial charge on any atom is -0.490 e. The average Bonchev–Trinajstić information content (AvgIpc) is 1.99. The number of hydrogen-bond acceptors (Lipinski definition) is 2. The first-order valence-electron chi connectivity index (χ1n) is 3.34. The highest BCUT2D eigenvalue weighted by Gasteiger charge is 1.98. The van der Waals surface area contributed by atoms with Crippen LogP contribution in [0.2, 0.25) is 10.0 Å². The summed E-state index contributed by atoms with van der Waals surface area (Å²) in [6.45, 7) is 0.172. The lowest BCUT2D eigenvalue weighted by Gasteiger charge is -2.03. The van der Waals surface area contributed by atoms with Crippen LogP contribution in [0.5, 0.6) is 5.75 Å². The number of rotatable bonds is 3. The third-order valence-corrected chi connectivity index (χ3v) is 1.55. The van der Waals surface area contributed by atoms with Gasteiger partial charge in [-0.05, 0) is 12.1 Å². The molecule has 1 radical (unpaired) electrons. The molecule has 0 aliphatic carbocycles. The molecule has 0 unspecified atom stereocenters. The summed E-state index contributed by atoms with van der Waals surface area (Å²) in [6, 6.07) is 5.88. The van der Waals surface area contributed by atoms with E-state index in [2.05, 4.69) is 6.07 Å². The number of aliphatic hydroxyl groups excluding tert-OH is 1. The highest BCUT2D eigenvalue weighted by molar-refractivity contribution is 6.34. The van der Waals surface area contributed by atoms with Crippen LogP contribution in [0.25, 0.3) is 0 Å². The molecule has 0 aliphatic heterocycles. The molecule has 0 saturated heterocycles. The predicted octanol–water partition coefficient (Wildman–Crippen LogP) is 2.16. The summed E-state index contributed by atoms with van der Waals surface area (Å²) in [4.78, 5) is 0. The first kappa shape index (κ1) is 9.65. The molecule has 1 aromatic carbocycles. The van der Waals surface area contributed by atoms with E-state index in [1.807, 2.05) is 0 Å². The lowest BCUT2D eigenvalue weighted by Crippen LogP contribution is -2.01. The third-order valence-electron chi connectivity index (χ3n) is 1.13. The van der Waals surface area contributed by atoms with Gasteiger partial charge < -0.3 is 9.84 Å². The van der Waals surface area contributed by atoms with Crippen LogP contribution >= 0.6 is 23.2 Å². The van der Waals surface area contributed by atoms with Gasteiger partial charge in [-0.15, -0.1) is 0 Å². The summed E-state index contributed by atoms with van der Waals surface area (Å²) in [7, 11) is 0. The molecule has 0 aliphatic rings. The van der Waals surface area contributed by atoms with Gasteiger partial charge in [0.1, 0.15) is 12.4 Å². The van der Waals surface area contributed by atoms with Crippen LogP contribution in [0.3, 0.4) is 0 Å². The molecule has 0 atom stereocenters. The molecule has 0 spiro atoms. The van der Waals surface area contributed by atoms with Crippen LogP contribution in [0.1, 0.15) is 0 Å². The zero-order chi connectivity index (χ0) is 8.97. The van der Waals surface area contributed by atoms with E-state index in [4.69, 9.17) is 33.0 Å². The maximum absolute atomic E-state index is 8.46. The first-order chi connectivity index (χ1) is 5.72. The molecule has 1 rings (SSSR count). The fourth-order valence-corrected chi connectivity index (χ4v) is 1.19. The van der Waals surface area contributed by atoms with Gasteiger partial charge in [-0.3, -0.25) is 0 Å². The number of benzene rings is 1. The molecule has 0 bridgehead atoms. The Hall–Kier alpha value is -0.440. The molecule has 65 valence electrons. The Bertz CT molecular complexity index is 243. The Morgan fingerprint density at radius 3 is 2.75 bits per heavy atom. The van der Waals surface area contributed by atoms with E-state index >= 15 is 0 Å². The van der Waals surface area contributed by atoms with Crippen LogP contribution < -0.4 is 4.74 Å². The summed E-state index contributed by atoms with van der Waals surface area (Å²) in [5.41, 5.74) is 0. The Labute approximate surface area is 80.7 Å². The minimum atomic E-state index is -0.0437. The second kappa shape index (κ2) is 4.55. The summed E-state index contributed by atoms with van der Waals surface area (Å²) >= 11 is 11.3. The van der Waals surface area contributed by atoms with Crippen LogP contribution in [-0.4, -0.2) is 18.3 Å². The highest BCUT2D eigenvalue weighted by Crippen LogP contribution is 2.23. The Morgan fingerprint density at radius 1 is 1.42 bits per heavy atom. The van der Waals surface area contributed by atoms with Crippen LogP contribution in [-0.2, 0) is 0 Å². The minimum absolute atomic E-state index is 0.0437. The average molecular weight is 206 g/mol. The summed E-state index contributed by atoms with van der Waals surface area (Å²) in [5.74, 6) is 0.446. The van der Waals surface area contributed by atoms with E-state index in [1.54, 1.807) is 12.1 Å². The molecule has 4 heteroatoms. The van der Waals surface area contributed by atoms with E-state index in [1.165, 1.54) is 0 Å². The largest absolute Gasteiger partial charge is 0.490 e. The van der Waals surface area contributed by atoms with Crippen molar-refractivity contribution in [2.75, 3.05) is 13.2 Å². The molecular weight excluding hydrogens is 199 g/mol. The van der Waals surface area contributed by atoms with Gasteiger partial charge in [0.25, 0.3) is 0 Å². The second-order valence-corrected chi connectivity index (χ2v) is 2.93. The van der Waals surface area contributed by atoms with Gasteiger partial charge in [-0.25, -0.2) is 0 Å². The molecule has 12 heavy (non-hydrogen) atoms. The van der Waals surface area contributed by atoms with Gasteiger partial charge in [-0.1, -0.05) is 23.2 Å². The van der Waals surface area contributed by atoms with E-state index < -0.39 is 0 Å². The van der Waals surface area contributed by atoms with Crippen LogP contribution in [0, 0.1) is 6.07 Å². The topological polar surface area (TPSA) is 29.5 Å². The van der Waals surface area contributed by atoms with E-state index in [0.717, 1.165) is 0 Å². The lowest BCUT2D eigenvalue weighted by molar-refractivity contribution is 0.201. The van der Waals surface area contributed by atoms with Gasteiger partial charge in [0.15, 0.2) is 0 Å². The van der Waals surface area contributed by atoms with E-state index in [0.29, 0.717) is 15.8 Å². The SMILES string of the molecule is OCCOc1[c]c(Cl)cc(Cl)c1. The summed E-state index contributed by atoms with van der Waals surface area (Å²) in [5, 5.41) is 9.35. The van der Waals surface area contributed by atoms with Crippen LogP contribution in [0.4, 0.5) is 0 Å². The molecule has 0 aromatic heterocycles. The zero-order valence-corrected chi connectivity index (χ0v) is 7.69. The van der Waals surface area contributed by atoms with Crippen molar-refractivity contribution in [3.8, 4) is 5.75 Å². The van der Waals surface area contributed by atoms with Gasteiger partial charge in [0.05, 0.1) is 11.6 Å². The second-order valence-electron chi connectivity index (χ2n) is 2.08. The van der Waals surface area contributed by atoms with Gasteiger partial charge in [-0.2, -0.15) is 0 Å². The van der Waals surface area contributed by atoms with Crippen molar-refractivity contribution >= 4 is 23.2 Å². The van der Waals surface area contributed by atoms with Gasteiger partial charge in [0.2, 0.25) is 0 Å². The smallest absolute Gasteiger partial charge is 0.130 e. The number of hydrogen-bond donors (Lipinski definition) is 1. The maximum Gasteiger partial charge on any atom is 0.130 e. The maximum atomic E-state index is 8.46. The quantitative estimate of drug-likeness (QED) is 0.820. The zero-order valence-electron chi connectivity index (χ0n) is 6.18. The molecule has 1 N–H and O–H groups in total. The number of ether oxygens (including phenoxy) is 1. The molecule has 0 amide bonds. The molecular formula is C8H7Cl2O2. The van der Waals surface area contributed by atoms with Gasteiger partial charge in [0, 0.05) is 11.1 Å². The molecule has 0 saturated carbocycles. The van der Waals surface area contributed by atoms with Gasteiger partial charge >= 0.3 is 0 Å². The molecule has 0 heterocycles. The number of halogens is 2. The van der Waals surface area contributed by atoms with Crippen molar-refractivity contribution < 1.29 is 9.84 Å². The van der Waals surface area contributed by atoms with Crippen molar-refractivity contribution in [2.45, 2.75) is 0 Å². The summed E-state index contributed by atoms with van der Waals surface area (Å²) < 4.78 is 5.04. The molecule has 0 fully saturated rings. The summed E-state index contributed by atoms with van der Waals surface area (Å²) in [6.07, 6.45) is 0. The van der Waals surface area contributed by atoms with Crippen molar-refractivity contribution in [2.24, 2.45) is 0 Å². The fourth-order valence-electron chi connectivity index (χ4n) is 0.711. The first-order valence-corrected chi connectivity index (χ1v) is 4.10. The molecule has 1 aromatic rings. The van der Waals surface area contributed by atoms with Crippen LogP contribution in [0.15, 0.2) is 12.1 Å². The normalized spacial score (nSPS) is 9.92. The monoisotopic (exact) mass is 205 g/mol. The van der Waals surface area contributed by atoms with Crippen molar-refractivity contribution in [1.29, 1.82) is 0 Å². The Morgan fingerprint density at radius 2 is 2.17 bits per heavy atom. The Kier molecular flexibility index (Phi) is 3.66. The Balaban J connectivity index is 2.72. The number of aliphatic hydroxyl groups is 1. The van der Waals surface area contributed by atoms with Crippen molar-refractivity contribution in [1.82, 2.24) is 0 Å². The van der Waals surface area contributed by atoms with E-state index in [9.17, 15) is 0 Å². The predicted molar refractivity (Wildman–Crippen MR) is 47.9 cm³/mol.